The van der Waals surface area contributed by atoms with E-state index in [1.165, 1.54) is 6.07 Å². The van der Waals surface area contributed by atoms with E-state index >= 15 is 0 Å². The van der Waals surface area contributed by atoms with Gasteiger partial charge in [-0.15, -0.1) is 0 Å². The molecule has 0 radical (unpaired) electrons. The number of benzene rings is 1. The van der Waals surface area contributed by atoms with E-state index in [1.807, 2.05) is 13.8 Å². The molecule has 5 nitrogen and oxygen atoms in total. The fourth-order valence-corrected chi connectivity index (χ4v) is 2.48. The average Bonchev–Trinajstić information content (AvgIpc) is 2.39. The quantitative estimate of drug-likeness (QED) is 0.561. The zero-order valence-electron chi connectivity index (χ0n) is 13.6. The van der Waals surface area contributed by atoms with Gasteiger partial charge in [0.15, 0.2) is 5.75 Å². The first-order valence-electron chi connectivity index (χ1n) is 7.60. The van der Waals surface area contributed by atoms with Gasteiger partial charge < -0.3 is 10.1 Å². The van der Waals surface area contributed by atoms with Gasteiger partial charge in [0.05, 0.1) is 11.0 Å². The Kier molecular flexibility index (Phi) is 6.46. The Hall–Kier alpha value is -1.78. The molecule has 0 fully saturated rings. The third kappa shape index (κ3) is 4.92. The van der Waals surface area contributed by atoms with Crippen LogP contribution in [-0.2, 0) is 0 Å². The van der Waals surface area contributed by atoms with Crippen LogP contribution in [0.15, 0.2) is 18.2 Å². The van der Waals surface area contributed by atoms with E-state index in [0.29, 0.717) is 17.7 Å². The van der Waals surface area contributed by atoms with Crippen LogP contribution < -0.4 is 10.1 Å². The summed E-state index contributed by atoms with van der Waals surface area (Å²) < 4.78 is 5.56. The fraction of sp³-hybridized carbons (Fsp3) is 0.625. The van der Waals surface area contributed by atoms with E-state index in [1.54, 1.807) is 12.1 Å². The minimum absolute atomic E-state index is 0.00411. The highest BCUT2D eigenvalue weighted by molar-refractivity contribution is 5.58. The Morgan fingerprint density at radius 1 is 1.24 bits per heavy atom. The first-order valence-corrected chi connectivity index (χ1v) is 7.60. The molecule has 0 saturated heterocycles. The van der Waals surface area contributed by atoms with Gasteiger partial charge in [-0.3, -0.25) is 10.1 Å². The molecule has 1 atom stereocenters. The maximum absolute atomic E-state index is 11.0. The second-order valence-corrected chi connectivity index (χ2v) is 5.62. The van der Waals surface area contributed by atoms with Crippen molar-refractivity contribution < 1.29 is 9.66 Å². The summed E-state index contributed by atoms with van der Waals surface area (Å²) in [7, 11) is 0. The summed E-state index contributed by atoms with van der Waals surface area (Å²) >= 11 is 0. The lowest BCUT2D eigenvalue weighted by atomic mass is 9.95. The molecule has 1 unspecified atom stereocenters. The standard InChI is InChI=1S/C16H26N2O3/c1-6-13(7-2)12(5)17-14-8-9-15(18(19)20)16(10-14)21-11(3)4/h8-13,17H,6-7H2,1-5H3. The van der Waals surface area contributed by atoms with E-state index in [9.17, 15) is 10.1 Å². The number of nitrogens with zero attached hydrogens (tertiary/aromatic N) is 1. The molecule has 0 aliphatic rings. The van der Waals surface area contributed by atoms with Gasteiger partial charge in [0.2, 0.25) is 0 Å². The first-order chi connectivity index (χ1) is 9.88. The number of nitro benzene ring substituents is 1. The van der Waals surface area contributed by atoms with E-state index in [0.717, 1.165) is 18.5 Å². The van der Waals surface area contributed by atoms with Crippen LogP contribution in [0, 0.1) is 16.0 Å². The number of anilines is 1. The molecule has 0 heterocycles. The van der Waals surface area contributed by atoms with Crippen molar-refractivity contribution in [3.63, 3.8) is 0 Å². The van der Waals surface area contributed by atoms with Crippen molar-refractivity contribution in [3.8, 4) is 5.75 Å². The molecule has 0 amide bonds. The molecule has 0 bridgehead atoms. The van der Waals surface area contributed by atoms with E-state index in [2.05, 4.69) is 26.1 Å². The molecule has 1 aromatic rings. The summed E-state index contributed by atoms with van der Waals surface area (Å²) in [6, 6.07) is 5.27. The van der Waals surface area contributed by atoms with Crippen molar-refractivity contribution in [1.29, 1.82) is 0 Å². The van der Waals surface area contributed by atoms with Crippen molar-refractivity contribution in [2.45, 2.75) is 59.6 Å². The monoisotopic (exact) mass is 294 g/mol. The molecular weight excluding hydrogens is 268 g/mol. The SMILES string of the molecule is CCC(CC)C(C)Nc1ccc([N+](=O)[O-])c(OC(C)C)c1. The highest BCUT2D eigenvalue weighted by Crippen LogP contribution is 2.31. The van der Waals surface area contributed by atoms with Crippen LogP contribution in [0.25, 0.3) is 0 Å². The number of hydrogen-bond donors (Lipinski definition) is 1. The summed E-state index contributed by atoms with van der Waals surface area (Å²) in [5, 5.41) is 14.5. The molecular formula is C16H26N2O3. The average molecular weight is 294 g/mol. The zero-order chi connectivity index (χ0) is 16.0. The van der Waals surface area contributed by atoms with Crippen molar-refractivity contribution in [3.05, 3.63) is 28.3 Å². The van der Waals surface area contributed by atoms with Gasteiger partial charge in [0.25, 0.3) is 0 Å². The van der Waals surface area contributed by atoms with Crippen molar-refractivity contribution in [1.82, 2.24) is 0 Å². The van der Waals surface area contributed by atoms with Crippen LogP contribution in [0.3, 0.4) is 0 Å². The molecule has 1 aromatic carbocycles. The first kappa shape index (κ1) is 17.3. The number of rotatable bonds is 8. The van der Waals surface area contributed by atoms with Crippen molar-refractivity contribution >= 4 is 11.4 Å². The van der Waals surface area contributed by atoms with Crippen LogP contribution >= 0.6 is 0 Å². The summed E-state index contributed by atoms with van der Waals surface area (Å²) in [5.74, 6) is 0.895. The lowest BCUT2D eigenvalue weighted by Crippen LogP contribution is -2.25. The minimum Gasteiger partial charge on any atom is -0.484 e. The number of nitrogens with one attached hydrogen (secondary N) is 1. The maximum Gasteiger partial charge on any atom is 0.311 e. The fourth-order valence-electron chi connectivity index (χ4n) is 2.48. The topological polar surface area (TPSA) is 64.4 Å². The molecule has 0 aliphatic heterocycles. The van der Waals surface area contributed by atoms with Crippen LogP contribution in [-0.4, -0.2) is 17.1 Å². The van der Waals surface area contributed by atoms with Gasteiger partial charge >= 0.3 is 5.69 Å². The maximum atomic E-state index is 11.0. The lowest BCUT2D eigenvalue weighted by molar-refractivity contribution is -0.386. The molecule has 5 heteroatoms. The Morgan fingerprint density at radius 2 is 1.86 bits per heavy atom. The Balaban J connectivity index is 2.96. The van der Waals surface area contributed by atoms with E-state index in [-0.39, 0.29) is 11.8 Å². The van der Waals surface area contributed by atoms with Crippen LogP contribution in [0.1, 0.15) is 47.5 Å². The molecule has 0 aromatic heterocycles. The summed E-state index contributed by atoms with van der Waals surface area (Å²) in [6.07, 6.45) is 2.11. The molecule has 1 rings (SSSR count). The summed E-state index contributed by atoms with van der Waals surface area (Å²) in [5.41, 5.74) is 0.861. The second kappa shape index (κ2) is 7.86. The summed E-state index contributed by atoms with van der Waals surface area (Å²) in [4.78, 5) is 10.6. The predicted molar refractivity (Wildman–Crippen MR) is 86.0 cm³/mol. The zero-order valence-corrected chi connectivity index (χ0v) is 13.6. The minimum atomic E-state index is -0.411. The Bertz CT molecular complexity index is 471. The Labute approximate surface area is 126 Å². The van der Waals surface area contributed by atoms with Crippen LogP contribution in [0.5, 0.6) is 5.75 Å². The Morgan fingerprint density at radius 3 is 2.33 bits per heavy atom. The van der Waals surface area contributed by atoms with E-state index in [4.69, 9.17) is 4.74 Å². The summed E-state index contributed by atoms with van der Waals surface area (Å²) in [6.45, 7) is 10.2. The third-order valence-corrected chi connectivity index (χ3v) is 3.67. The second-order valence-electron chi connectivity index (χ2n) is 5.62. The van der Waals surface area contributed by atoms with Gasteiger partial charge in [0, 0.05) is 23.9 Å². The highest BCUT2D eigenvalue weighted by atomic mass is 16.6. The molecule has 118 valence electrons. The van der Waals surface area contributed by atoms with Crippen molar-refractivity contribution in [2.24, 2.45) is 5.92 Å². The van der Waals surface area contributed by atoms with Gasteiger partial charge in [-0.05, 0) is 32.8 Å². The van der Waals surface area contributed by atoms with E-state index < -0.39 is 4.92 Å². The molecule has 1 N–H and O–H groups in total. The van der Waals surface area contributed by atoms with Crippen LogP contribution in [0.4, 0.5) is 11.4 Å². The van der Waals surface area contributed by atoms with Gasteiger partial charge in [-0.1, -0.05) is 26.7 Å². The lowest BCUT2D eigenvalue weighted by Gasteiger charge is -2.24. The molecule has 0 aliphatic carbocycles. The number of ether oxygens (including phenoxy) is 1. The van der Waals surface area contributed by atoms with Crippen molar-refractivity contribution in [2.75, 3.05) is 5.32 Å². The third-order valence-electron chi connectivity index (χ3n) is 3.67. The number of nitro groups is 1. The number of hydrogen-bond acceptors (Lipinski definition) is 4. The van der Waals surface area contributed by atoms with Gasteiger partial charge in [0.1, 0.15) is 0 Å². The normalized spacial score (nSPS) is 12.5. The predicted octanol–water partition coefficient (Wildman–Crippen LogP) is 4.62. The van der Waals surface area contributed by atoms with Gasteiger partial charge in [-0.2, -0.15) is 0 Å². The highest BCUT2D eigenvalue weighted by Gasteiger charge is 2.19. The smallest absolute Gasteiger partial charge is 0.311 e. The molecule has 0 spiro atoms. The van der Waals surface area contributed by atoms with Crippen LogP contribution in [0.2, 0.25) is 0 Å². The van der Waals surface area contributed by atoms with Gasteiger partial charge in [-0.25, -0.2) is 0 Å². The largest absolute Gasteiger partial charge is 0.484 e. The molecule has 21 heavy (non-hydrogen) atoms. The molecule has 0 saturated carbocycles.